The Morgan fingerprint density at radius 1 is 1.32 bits per heavy atom. The smallest absolute Gasteiger partial charge is 0.118 e. The molecule has 0 aliphatic carbocycles. The van der Waals surface area contributed by atoms with Gasteiger partial charge in [0.2, 0.25) is 0 Å². The van der Waals surface area contributed by atoms with E-state index in [4.69, 9.17) is 9.47 Å². The number of methoxy groups -OCH3 is 1. The molecule has 0 bridgehead atoms. The maximum Gasteiger partial charge on any atom is 0.118 e. The molecule has 1 fully saturated rings. The van der Waals surface area contributed by atoms with Crippen LogP contribution in [0.1, 0.15) is 24.5 Å². The predicted octanol–water partition coefficient (Wildman–Crippen LogP) is 1.74. The summed E-state index contributed by atoms with van der Waals surface area (Å²) in [6, 6.07) is 7.55. The fourth-order valence-electron chi connectivity index (χ4n) is 2.32. The van der Waals surface area contributed by atoms with E-state index < -0.39 is 6.10 Å². The van der Waals surface area contributed by atoms with Crippen LogP contribution in [0.5, 0.6) is 5.75 Å². The van der Waals surface area contributed by atoms with Crippen molar-refractivity contribution in [2.45, 2.75) is 18.9 Å². The van der Waals surface area contributed by atoms with Crippen LogP contribution in [0, 0.1) is 5.92 Å². The Morgan fingerprint density at radius 3 is 2.63 bits per heavy atom. The van der Waals surface area contributed by atoms with Gasteiger partial charge in [0.1, 0.15) is 5.75 Å². The summed E-state index contributed by atoms with van der Waals surface area (Å²) >= 11 is 0. The topological polar surface area (TPSA) is 50.7 Å². The largest absolute Gasteiger partial charge is 0.497 e. The van der Waals surface area contributed by atoms with Gasteiger partial charge in [0.25, 0.3) is 0 Å². The Morgan fingerprint density at radius 2 is 2.00 bits per heavy atom. The van der Waals surface area contributed by atoms with E-state index in [-0.39, 0.29) is 0 Å². The first-order chi connectivity index (χ1) is 9.29. The predicted molar refractivity (Wildman–Crippen MR) is 74.4 cm³/mol. The van der Waals surface area contributed by atoms with Crippen molar-refractivity contribution >= 4 is 0 Å². The molecule has 1 saturated heterocycles. The molecule has 1 atom stereocenters. The molecule has 0 amide bonds. The number of hydrogen-bond donors (Lipinski definition) is 2. The molecule has 0 spiro atoms. The van der Waals surface area contributed by atoms with Gasteiger partial charge in [-0.3, -0.25) is 0 Å². The molecule has 4 heteroatoms. The van der Waals surface area contributed by atoms with E-state index in [0.29, 0.717) is 12.5 Å². The lowest BCUT2D eigenvalue weighted by molar-refractivity contribution is 0.0649. The van der Waals surface area contributed by atoms with Gasteiger partial charge in [-0.1, -0.05) is 12.1 Å². The molecule has 1 aliphatic rings. The lowest BCUT2D eigenvalue weighted by Crippen LogP contribution is -2.30. The number of hydrogen-bond acceptors (Lipinski definition) is 4. The van der Waals surface area contributed by atoms with E-state index in [1.165, 1.54) is 0 Å². The molecular weight excluding hydrogens is 242 g/mol. The molecule has 1 unspecified atom stereocenters. The fourth-order valence-corrected chi connectivity index (χ4v) is 2.32. The zero-order valence-electron chi connectivity index (χ0n) is 11.5. The second-order valence-electron chi connectivity index (χ2n) is 5.00. The van der Waals surface area contributed by atoms with Crippen molar-refractivity contribution in [1.82, 2.24) is 5.32 Å². The van der Waals surface area contributed by atoms with Gasteiger partial charge in [0, 0.05) is 19.8 Å². The lowest BCUT2D eigenvalue weighted by atomic mass is 10.0. The van der Waals surface area contributed by atoms with E-state index in [9.17, 15) is 5.11 Å². The van der Waals surface area contributed by atoms with Gasteiger partial charge in [-0.25, -0.2) is 0 Å². The summed E-state index contributed by atoms with van der Waals surface area (Å²) in [7, 11) is 1.64. The van der Waals surface area contributed by atoms with Crippen LogP contribution < -0.4 is 10.1 Å². The van der Waals surface area contributed by atoms with Crippen molar-refractivity contribution in [2.24, 2.45) is 5.92 Å². The summed E-state index contributed by atoms with van der Waals surface area (Å²) in [5, 5.41) is 13.4. The van der Waals surface area contributed by atoms with Crippen LogP contribution in [-0.4, -0.2) is 38.5 Å². The highest BCUT2D eigenvalue weighted by atomic mass is 16.5. The van der Waals surface area contributed by atoms with E-state index in [2.05, 4.69) is 5.32 Å². The highest BCUT2D eigenvalue weighted by Gasteiger charge is 2.14. The van der Waals surface area contributed by atoms with Gasteiger partial charge in [-0.15, -0.1) is 0 Å². The van der Waals surface area contributed by atoms with Crippen LogP contribution in [0.3, 0.4) is 0 Å². The molecule has 0 saturated carbocycles. The van der Waals surface area contributed by atoms with Crippen molar-refractivity contribution in [3.8, 4) is 5.75 Å². The quantitative estimate of drug-likeness (QED) is 0.822. The first kappa shape index (κ1) is 14.3. The molecule has 0 aromatic heterocycles. The van der Waals surface area contributed by atoms with Gasteiger partial charge >= 0.3 is 0 Å². The summed E-state index contributed by atoms with van der Waals surface area (Å²) in [6.07, 6.45) is 1.77. The third-order valence-electron chi connectivity index (χ3n) is 3.61. The number of aliphatic hydroxyl groups is 1. The average Bonchev–Trinajstić information content (AvgIpc) is 2.48. The second kappa shape index (κ2) is 7.48. The molecular formula is C15H23NO3. The Bertz CT molecular complexity index is 360. The first-order valence-electron chi connectivity index (χ1n) is 6.90. The van der Waals surface area contributed by atoms with Gasteiger partial charge in [0.05, 0.1) is 13.2 Å². The fraction of sp³-hybridized carbons (Fsp3) is 0.600. The normalized spacial score (nSPS) is 18.2. The number of ether oxygens (including phenoxy) is 2. The minimum Gasteiger partial charge on any atom is -0.497 e. The molecule has 2 rings (SSSR count). The Kier molecular flexibility index (Phi) is 5.63. The number of aliphatic hydroxyl groups excluding tert-OH is 1. The molecule has 1 aliphatic heterocycles. The third kappa shape index (κ3) is 4.49. The summed E-state index contributed by atoms with van der Waals surface area (Å²) in [6.45, 7) is 3.28. The van der Waals surface area contributed by atoms with Crippen molar-refractivity contribution in [2.75, 3.05) is 33.4 Å². The van der Waals surface area contributed by atoms with Crippen LogP contribution in [0.25, 0.3) is 0 Å². The highest BCUT2D eigenvalue weighted by Crippen LogP contribution is 2.17. The van der Waals surface area contributed by atoms with E-state index >= 15 is 0 Å². The average molecular weight is 265 g/mol. The maximum atomic E-state index is 10.1. The molecule has 1 aromatic rings. The molecule has 2 N–H and O–H groups in total. The third-order valence-corrected chi connectivity index (χ3v) is 3.61. The second-order valence-corrected chi connectivity index (χ2v) is 5.00. The Labute approximate surface area is 114 Å². The van der Waals surface area contributed by atoms with Crippen molar-refractivity contribution in [3.05, 3.63) is 29.8 Å². The van der Waals surface area contributed by atoms with E-state index in [0.717, 1.165) is 43.9 Å². The maximum absolute atomic E-state index is 10.1. The van der Waals surface area contributed by atoms with Gasteiger partial charge < -0.3 is 19.9 Å². The van der Waals surface area contributed by atoms with Gasteiger partial charge in [-0.05, 0) is 43.0 Å². The molecule has 106 valence electrons. The molecule has 19 heavy (non-hydrogen) atoms. The minimum absolute atomic E-state index is 0.467. The number of benzene rings is 1. The standard InChI is InChI=1S/C15H23NO3/c1-18-14-4-2-13(3-5-14)15(17)11-16-10-12-6-8-19-9-7-12/h2-5,12,15-17H,6-11H2,1H3. The number of nitrogens with one attached hydrogen (secondary N) is 1. The van der Waals surface area contributed by atoms with Crippen molar-refractivity contribution in [1.29, 1.82) is 0 Å². The van der Waals surface area contributed by atoms with Gasteiger partial charge in [-0.2, -0.15) is 0 Å². The van der Waals surface area contributed by atoms with Crippen molar-refractivity contribution < 1.29 is 14.6 Å². The number of rotatable bonds is 6. The van der Waals surface area contributed by atoms with Crippen LogP contribution in [0.2, 0.25) is 0 Å². The monoisotopic (exact) mass is 265 g/mol. The zero-order chi connectivity index (χ0) is 13.5. The Hall–Kier alpha value is -1.10. The molecule has 1 aromatic carbocycles. The van der Waals surface area contributed by atoms with Gasteiger partial charge in [0.15, 0.2) is 0 Å². The molecule has 0 radical (unpaired) electrons. The van der Waals surface area contributed by atoms with Crippen LogP contribution in [-0.2, 0) is 4.74 Å². The lowest BCUT2D eigenvalue weighted by Gasteiger charge is -2.23. The molecule has 1 heterocycles. The summed E-state index contributed by atoms with van der Waals surface area (Å²) in [5.74, 6) is 1.49. The van der Waals surface area contributed by atoms with E-state index in [1.54, 1.807) is 7.11 Å². The SMILES string of the molecule is COc1ccc(C(O)CNCC2CCOCC2)cc1. The zero-order valence-corrected chi connectivity index (χ0v) is 11.5. The van der Waals surface area contributed by atoms with Crippen LogP contribution >= 0.6 is 0 Å². The summed E-state index contributed by atoms with van der Waals surface area (Å²) in [4.78, 5) is 0. The minimum atomic E-state index is -0.467. The van der Waals surface area contributed by atoms with Crippen LogP contribution in [0.15, 0.2) is 24.3 Å². The van der Waals surface area contributed by atoms with E-state index in [1.807, 2.05) is 24.3 Å². The Balaban J connectivity index is 1.72. The first-order valence-corrected chi connectivity index (χ1v) is 6.90. The van der Waals surface area contributed by atoms with Crippen molar-refractivity contribution in [3.63, 3.8) is 0 Å². The highest BCUT2D eigenvalue weighted by molar-refractivity contribution is 5.28. The van der Waals surface area contributed by atoms with Crippen LogP contribution in [0.4, 0.5) is 0 Å². The molecule has 4 nitrogen and oxygen atoms in total. The summed E-state index contributed by atoms with van der Waals surface area (Å²) < 4.78 is 10.4. The summed E-state index contributed by atoms with van der Waals surface area (Å²) in [5.41, 5.74) is 0.917.